The van der Waals surface area contributed by atoms with Gasteiger partial charge in [-0.05, 0) is 86.0 Å². The summed E-state index contributed by atoms with van der Waals surface area (Å²) in [5.41, 5.74) is 8.88. The van der Waals surface area contributed by atoms with Crippen LogP contribution in [0.2, 0.25) is 0 Å². The standard InChI is InChI=1S/C31H38FN3/c1-7-8-9-31(23(4)33-6)35-20-28-18-27(10-11-29(28)24(35)5)26-12-14-34(15-13-26)19-25-16-21(2)22(3)30(32)17-25/h1,10-11,16-18,26,31,33H,4-5,8-9,12-15,19-20H2,2-3,6H3. The first-order valence-corrected chi connectivity index (χ1v) is 12.7. The van der Waals surface area contributed by atoms with Crippen LogP contribution < -0.4 is 5.32 Å². The van der Waals surface area contributed by atoms with Crippen molar-refractivity contribution in [1.29, 1.82) is 0 Å². The highest BCUT2D eigenvalue weighted by molar-refractivity contribution is 5.70. The fourth-order valence-electron chi connectivity index (χ4n) is 5.58. The lowest BCUT2D eigenvalue weighted by molar-refractivity contribution is 0.204. The van der Waals surface area contributed by atoms with E-state index in [4.69, 9.17) is 6.42 Å². The molecule has 1 atom stereocenters. The zero-order chi connectivity index (χ0) is 25.1. The van der Waals surface area contributed by atoms with Gasteiger partial charge in [0.25, 0.3) is 0 Å². The van der Waals surface area contributed by atoms with Gasteiger partial charge in [-0.25, -0.2) is 4.39 Å². The van der Waals surface area contributed by atoms with Gasteiger partial charge in [-0.15, -0.1) is 12.3 Å². The van der Waals surface area contributed by atoms with E-state index in [0.717, 1.165) is 73.5 Å². The summed E-state index contributed by atoms with van der Waals surface area (Å²) < 4.78 is 14.2. The number of piperidine rings is 1. The van der Waals surface area contributed by atoms with Crippen molar-refractivity contribution in [3.63, 3.8) is 0 Å². The summed E-state index contributed by atoms with van der Waals surface area (Å²) in [6.45, 7) is 16.2. The molecule has 2 heterocycles. The van der Waals surface area contributed by atoms with E-state index in [2.05, 4.69) is 58.5 Å². The van der Waals surface area contributed by atoms with Crippen molar-refractivity contribution in [3.8, 4) is 12.3 Å². The van der Waals surface area contributed by atoms with Gasteiger partial charge in [0.2, 0.25) is 0 Å². The molecule has 0 bridgehead atoms. The number of aryl methyl sites for hydroxylation is 1. The Labute approximate surface area is 210 Å². The van der Waals surface area contributed by atoms with Crippen molar-refractivity contribution < 1.29 is 4.39 Å². The van der Waals surface area contributed by atoms with Gasteiger partial charge in [0.1, 0.15) is 5.82 Å². The third kappa shape index (κ3) is 5.31. The molecule has 4 rings (SSSR count). The third-order valence-electron chi connectivity index (χ3n) is 7.92. The van der Waals surface area contributed by atoms with Gasteiger partial charge in [0.15, 0.2) is 0 Å². The number of hydrogen-bond donors (Lipinski definition) is 1. The lowest BCUT2D eigenvalue weighted by atomic mass is 9.87. The van der Waals surface area contributed by atoms with Gasteiger partial charge in [-0.2, -0.15) is 0 Å². The summed E-state index contributed by atoms with van der Waals surface area (Å²) in [5.74, 6) is 3.23. The normalized spacial score (nSPS) is 17.2. The van der Waals surface area contributed by atoms with Gasteiger partial charge in [-0.3, -0.25) is 4.90 Å². The highest BCUT2D eigenvalue weighted by atomic mass is 19.1. The van der Waals surface area contributed by atoms with Crippen LogP contribution in [0, 0.1) is 32.0 Å². The maximum absolute atomic E-state index is 14.2. The van der Waals surface area contributed by atoms with Crippen LogP contribution in [-0.2, 0) is 13.1 Å². The second-order valence-electron chi connectivity index (χ2n) is 10.1. The number of nitrogens with zero attached hydrogens (tertiary/aromatic N) is 2. The van der Waals surface area contributed by atoms with Crippen molar-refractivity contribution in [2.75, 3.05) is 20.1 Å². The summed E-state index contributed by atoms with van der Waals surface area (Å²) in [4.78, 5) is 4.80. The van der Waals surface area contributed by atoms with Crippen LogP contribution in [0.4, 0.5) is 4.39 Å². The zero-order valence-electron chi connectivity index (χ0n) is 21.5. The molecule has 0 amide bonds. The Hall–Kier alpha value is -3.03. The Morgan fingerprint density at radius 3 is 2.63 bits per heavy atom. The van der Waals surface area contributed by atoms with Crippen molar-refractivity contribution in [2.24, 2.45) is 0 Å². The Balaban J connectivity index is 1.41. The molecule has 0 aliphatic carbocycles. The Kier molecular flexibility index (Phi) is 7.67. The van der Waals surface area contributed by atoms with Crippen LogP contribution in [-0.4, -0.2) is 36.0 Å². The van der Waals surface area contributed by atoms with Gasteiger partial charge >= 0.3 is 0 Å². The number of halogens is 1. The molecule has 2 aromatic carbocycles. The van der Waals surface area contributed by atoms with Crippen molar-refractivity contribution in [1.82, 2.24) is 15.1 Å². The molecule has 3 nitrogen and oxygen atoms in total. The minimum absolute atomic E-state index is 0.0940. The SMILES string of the molecule is C#CCCC(C(=C)NC)N1Cc2cc(C3CCN(Cc4cc(C)c(C)c(F)c4)CC3)ccc2C1=C. The van der Waals surface area contributed by atoms with E-state index in [1.54, 1.807) is 6.07 Å². The molecule has 2 aliphatic rings. The average molecular weight is 472 g/mol. The van der Waals surface area contributed by atoms with Crippen LogP contribution in [0.1, 0.15) is 65.0 Å². The number of terminal acetylenes is 1. The fourth-order valence-corrected chi connectivity index (χ4v) is 5.58. The van der Waals surface area contributed by atoms with Crippen LogP contribution in [0.3, 0.4) is 0 Å². The summed E-state index contributed by atoms with van der Waals surface area (Å²) in [5, 5.41) is 3.22. The van der Waals surface area contributed by atoms with E-state index in [0.29, 0.717) is 12.3 Å². The van der Waals surface area contributed by atoms with Crippen molar-refractivity contribution in [3.05, 3.63) is 88.4 Å². The monoisotopic (exact) mass is 471 g/mol. The number of nitrogens with one attached hydrogen (secondary N) is 1. The molecule has 35 heavy (non-hydrogen) atoms. The molecule has 2 aromatic rings. The quantitative estimate of drug-likeness (QED) is 0.468. The Bertz CT molecular complexity index is 1130. The minimum atomic E-state index is -0.0940. The lowest BCUT2D eigenvalue weighted by Gasteiger charge is -2.32. The van der Waals surface area contributed by atoms with Crippen LogP contribution >= 0.6 is 0 Å². The first kappa shape index (κ1) is 25.1. The van der Waals surface area contributed by atoms with Gasteiger partial charge in [0.05, 0.1) is 6.04 Å². The number of likely N-dealkylation sites (N-methyl/N-ethyl adjacent to an activating group) is 1. The molecule has 0 spiro atoms. The van der Waals surface area contributed by atoms with Crippen molar-refractivity contribution in [2.45, 2.75) is 64.6 Å². The smallest absolute Gasteiger partial charge is 0.126 e. The zero-order valence-corrected chi connectivity index (χ0v) is 21.5. The van der Waals surface area contributed by atoms with E-state index >= 15 is 0 Å². The van der Waals surface area contributed by atoms with Crippen molar-refractivity contribution >= 4 is 5.70 Å². The molecule has 1 N–H and O–H groups in total. The van der Waals surface area contributed by atoms with E-state index < -0.39 is 0 Å². The molecule has 4 heteroatoms. The fraction of sp³-hybridized carbons (Fsp3) is 0.419. The predicted molar refractivity (Wildman–Crippen MR) is 144 cm³/mol. The van der Waals surface area contributed by atoms with E-state index in [1.807, 2.05) is 20.9 Å². The molecule has 1 fully saturated rings. The third-order valence-corrected chi connectivity index (χ3v) is 7.92. The topological polar surface area (TPSA) is 18.5 Å². The summed E-state index contributed by atoms with van der Waals surface area (Å²) in [7, 11) is 1.91. The van der Waals surface area contributed by atoms with Gasteiger partial charge in [-0.1, -0.05) is 37.4 Å². The molecular weight excluding hydrogens is 433 g/mol. The van der Waals surface area contributed by atoms with Crippen LogP contribution in [0.25, 0.3) is 5.70 Å². The maximum Gasteiger partial charge on any atom is 0.126 e. The number of benzene rings is 2. The largest absolute Gasteiger partial charge is 0.390 e. The Morgan fingerprint density at radius 2 is 1.97 bits per heavy atom. The van der Waals surface area contributed by atoms with E-state index in [1.165, 1.54) is 16.7 Å². The molecule has 184 valence electrons. The number of hydrogen-bond acceptors (Lipinski definition) is 3. The maximum atomic E-state index is 14.2. The molecule has 1 unspecified atom stereocenters. The van der Waals surface area contributed by atoms with Crippen LogP contribution in [0.5, 0.6) is 0 Å². The predicted octanol–water partition coefficient (Wildman–Crippen LogP) is 6.12. The van der Waals surface area contributed by atoms with E-state index in [-0.39, 0.29) is 11.9 Å². The second kappa shape index (κ2) is 10.7. The highest BCUT2D eigenvalue weighted by Crippen LogP contribution is 2.38. The van der Waals surface area contributed by atoms with Gasteiger partial charge < -0.3 is 10.2 Å². The molecule has 0 radical (unpaired) electrons. The first-order valence-electron chi connectivity index (χ1n) is 12.7. The lowest BCUT2D eigenvalue weighted by Crippen LogP contribution is -2.35. The second-order valence-corrected chi connectivity index (χ2v) is 10.1. The molecule has 2 aliphatic heterocycles. The number of fused-ring (bicyclic) bond motifs is 1. The number of likely N-dealkylation sites (tertiary alicyclic amines) is 1. The molecule has 0 aromatic heterocycles. The summed E-state index contributed by atoms with van der Waals surface area (Å²) >= 11 is 0. The summed E-state index contributed by atoms with van der Waals surface area (Å²) in [6.07, 6.45) is 9.37. The van der Waals surface area contributed by atoms with Crippen LogP contribution in [0.15, 0.2) is 49.2 Å². The molecule has 0 saturated carbocycles. The molecular formula is C31H38FN3. The number of rotatable bonds is 8. The molecule has 1 saturated heterocycles. The first-order chi connectivity index (χ1) is 16.8. The summed E-state index contributed by atoms with van der Waals surface area (Å²) in [6, 6.07) is 10.9. The average Bonchev–Trinajstić information content (AvgIpc) is 3.18. The Morgan fingerprint density at radius 1 is 1.23 bits per heavy atom. The van der Waals surface area contributed by atoms with E-state index in [9.17, 15) is 4.39 Å². The van der Waals surface area contributed by atoms with Gasteiger partial charge in [0, 0.05) is 43.5 Å². The highest BCUT2D eigenvalue weighted by Gasteiger charge is 2.30. The minimum Gasteiger partial charge on any atom is -0.390 e.